The van der Waals surface area contributed by atoms with Gasteiger partial charge in [-0.2, -0.15) is 0 Å². The van der Waals surface area contributed by atoms with Crippen molar-refractivity contribution in [3.63, 3.8) is 0 Å². The second-order valence-electron chi connectivity index (χ2n) is 6.93. The van der Waals surface area contributed by atoms with Gasteiger partial charge in [0.05, 0.1) is 4.88 Å². The average Bonchev–Trinajstić information content (AvgIpc) is 2.97. The summed E-state index contributed by atoms with van der Waals surface area (Å²) in [6, 6.07) is 3.23. The molecule has 3 heterocycles. The van der Waals surface area contributed by atoms with E-state index in [-0.39, 0.29) is 23.9 Å². The van der Waals surface area contributed by atoms with Gasteiger partial charge in [0.1, 0.15) is 6.04 Å². The molecule has 8 heteroatoms. The predicted molar refractivity (Wildman–Crippen MR) is 100 cm³/mol. The number of likely N-dealkylation sites (tertiary alicyclic amines) is 1. The number of aryl methyl sites for hydroxylation is 1. The highest BCUT2D eigenvalue weighted by atomic mass is 32.1. The Labute approximate surface area is 157 Å². The summed E-state index contributed by atoms with van der Waals surface area (Å²) < 4.78 is 0. The van der Waals surface area contributed by atoms with E-state index in [1.807, 2.05) is 19.1 Å². The number of urea groups is 1. The van der Waals surface area contributed by atoms with Gasteiger partial charge in [0.2, 0.25) is 5.91 Å². The van der Waals surface area contributed by atoms with Crippen molar-refractivity contribution in [2.24, 2.45) is 0 Å². The van der Waals surface area contributed by atoms with Crippen molar-refractivity contribution in [2.75, 3.05) is 19.6 Å². The van der Waals surface area contributed by atoms with Gasteiger partial charge in [-0.05, 0) is 51.2 Å². The smallest absolute Gasteiger partial charge is 0.318 e. The van der Waals surface area contributed by atoms with Crippen LogP contribution < -0.4 is 16.0 Å². The second kappa shape index (κ2) is 8.53. The number of nitrogens with one attached hydrogen (secondary N) is 3. The Morgan fingerprint density at radius 3 is 2.62 bits per heavy atom. The molecule has 2 saturated heterocycles. The quantitative estimate of drug-likeness (QED) is 0.747. The van der Waals surface area contributed by atoms with Crippen molar-refractivity contribution in [2.45, 2.75) is 51.1 Å². The van der Waals surface area contributed by atoms with Crippen LogP contribution >= 0.6 is 11.3 Å². The predicted octanol–water partition coefficient (Wildman–Crippen LogP) is 1.63. The highest BCUT2D eigenvalue weighted by molar-refractivity contribution is 7.13. The monoisotopic (exact) mass is 378 g/mol. The first-order valence-electron chi connectivity index (χ1n) is 9.23. The van der Waals surface area contributed by atoms with Crippen LogP contribution in [0, 0.1) is 6.92 Å². The lowest BCUT2D eigenvalue weighted by Crippen LogP contribution is -2.53. The summed E-state index contributed by atoms with van der Waals surface area (Å²) >= 11 is 1.49. The first-order valence-corrected chi connectivity index (χ1v) is 10.0. The number of amides is 4. The molecular formula is C18H26N4O3S. The lowest BCUT2D eigenvalue weighted by atomic mass is 10.1. The second-order valence-corrected chi connectivity index (χ2v) is 8.22. The summed E-state index contributed by atoms with van der Waals surface area (Å²) in [4.78, 5) is 40.2. The number of hydrogen-bond acceptors (Lipinski definition) is 4. The van der Waals surface area contributed by atoms with Crippen molar-refractivity contribution in [3.8, 4) is 0 Å². The largest absolute Gasteiger partial charge is 0.354 e. The van der Waals surface area contributed by atoms with Gasteiger partial charge in [0.15, 0.2) is 0 Å². The number of carbonyl (C=O) groups is 3. The van der Waals surface area contributed by atoms with E-state index in [0.29, 0.717) is 26.1 Å². The van der Waals surface area contributed by atoms with E-state index in [1.165, 1.54) is 11.3 Å². The van der Waals surface area contributed by atoms with Crippen LogP contribution in [0.3, 0.4) is 0 Å². The zero-order chi connectivity index (χ0) is 18.5. The molecule has 3 N–H and O–H groups in total. The van der Waals surface area contributed by atoms with Crippen molar-refractivity contribution in [3.05, 3.63) is 21.9 Å². The molecule has 1 unspecified atom stereocenters. The van der Waals surface area contributed by atoms with E-state index in [1.54, 1.807) is 4.90 Å². The Morgan fingerprint density at radius 1 is 1.15 bits per heavy atom. The van der Waals surface area contributed by atoms with Crippen molar-refractivity contribution in [1.82, 2.24) is 20.9 Å². The normalized spacial score (nSPS) is 21.7. The molecule has 0 saturated carbocycles. The molecule has 7 nitrogen and oxygen atoms in total. The Balaban J connectivity index is 1.44. The van der Waals surface area contributed by atoms with Crippen LogP contribution in [0.25, 0.3) is 0 Å². The maximum atomic E-state index is 12.4. The lowest BCUT2D eigenvalue weighted by molar-refractivity contribution is -0.122. The molecule has 0 bridgehead atoms. The zero-order valence-electron chi connectivity index (χ0n) is 15.0. The van der Waals surface area contributed by atoms with Crippen LogP contribution in [0.4, 0.5) is 4.79 Å². The standard InChI is InChI=1S/C18H26N4O3S/c1-12-5-6-15(26-12)17(24)20-13-7-10-22(11-8-13)18(25)21-14-4-2-3-9-19-16(14)23/h5-6,13-14H,2-4,7-11H2,1H3,(H,19,23)(H,20,24)(H,21,25). The van der Waals surface area contributed by atoms with Crippen LogP contribution in [-0.2, 0) is 4.79 Å². The lowest BCUT2D eigenvalue weighted by Gasteiger charge is -2.33. The minimum Gasteiger partial charge on any atom is -0.354 e. The molecular weight excluding hydrogens is 352 g/mol. The van der Waals surface area contributed by atoms with E-state index < -0.39 is 6.04 Å². The number of rotatable bonds is 3. The fourth-order valence-electron chi connectivity index (χ4n) is 3.36. The minimum atomic E-state index is -0.440. The van der Waals surface area contributed by atoms with Gasteiger partial charge in [0.25, 0.3) is 5.91 Å². The number of thiophene rings is 1. The molecule has 0 radical (unpaired) electrons. The Morgan fingerprint density at radius 2 is 1.92 bits per heavy atom. The fourth-order valence-corrected chi connectivity index (χ4v) is 4.13. The molecule has 2 aliphatic rings. The van der Waals surface area contributed by atoms with Gasteiger partial charge in [-0.3, -0.25) is 9.59 Å². The van der Waals surface area contributed by atoms with Crippen molar-refractivity contribution < 1.29 is 14.4 Å². The number of nitrogens with zero attached hydrogens (tertiary/aromatic N) is 1. The van der Waals surface area contributed by atoms with Crippen LogP contribution in [0.1, 0.15) is 46.7 Å². The highest BCUT2D eigenvalue weighted by Gasteiger charge is 2.28. The Hall–Kier alpha value is -2.09. The van der Waals surface area contributed by atoms with Crippen molar-refractivity contribution >= 4 is 29.2 Å². The first-order chi connectivity index (χ1) is 12.5. The SMILES string of the molecule is Cc1ccc(C(=O)NC2CCN(C(=O)NC3CCCCNC3=O)CC2)s1. The molecule has 4 amide bonds. The highest BCUT2D eigenvalue weighted by Crippen LogP contribution is 2.17. The summed E-state index contributed by atoms with van der Waals surface area (Å²) in [5.41, 5.74) is 0. The summed E-state index contributed by atoms with van der Waals surface area (Å²) in [6.07, 6.45) is 4.01. The van der Waals surface area contributed by atoms with E-state index in [2.05, 4.69) is 16.0 Å². The van der Waals surface area contributed by atoms with E-state index in [4.69, 9.17) is 0 Å². The Bertz CT molecular complexity index is 667. The summed E-state index contributed by atoms with van der Waals surface area (Å²) in [7, 11) is 0. The number of hydrogen-bond donors (Lipinski definition) is 3. The van der Waals surface area contributed by atoms with Gasteiger partial charge in [-0.1, -0.05) is 0 Å². The third kappa shape index (κ3) is 4.75. The van der Waals surface area contributed by atoms with E-state index in [9.17, 15) is 14.4 Å². The van der Waals surface area contributed by atoms with E-state index >= 15 is 0 Å². The molecule has 0 spiro atoms. The van der Waals surface area contributed by atoms with Crippen LogP contribution in [0.5, 0.6) is 0 Å². The number of piperidine rings is 1. The van der Waals surface area contributed by atoms with Crippen LogP contribution in [0.15, 0.2) is 12.1 Å². The number of carbonyl (C=O) groups excluding carboxylic acids is 3. The fraction of sp³-hybridized carbons (Fsp3) is 0.611. The molecule has 3 rings (SSSR count). The molecule has 1 aromatic heterocycles. The molecule has 142 valence electrons. The molecule has 2 fully saturated rings. The summed E-state index contributed by atoms with van der Waals surface area (Å²) in [5.74, 6) is -0.134. The van der Waals surface area contributed by atoms with Gasteiger partial charge in [-0.15, -0.1) is 11.3 Å². The van der Waals surface area contributed by atoms with Gasteiger partial charge >= 0.3 is 6.03 Å². The molecule has 2 aliphatic heterocycles. The third-order valence-electron chi connectivity index (χ3n) is 4.91. The van der Waals surface area contributed by atoms with Gasteiger partial charge in [0, 0.05) is 30.6 Å². The van der Waals surface area contributed by atoms with Gasteiger partial charge < -0.3 is 20.9 Å². The molecule has 1 atom stereocenters. The molecule has 1 aromatic rings. The van der Waals surface area contributed by atoms with E-state index in [0.717, 1.165) is 35.4 Å². The summed E-state index contributed by atoms with van der Waals surface area (Å²) in [5, 5.41) is 8.74. The van der Waals surface area contributed by atoms with Crippen molar-refractivity contribution in [1.29, 1.82) is 0 Å². The molecule has 26 heavy (non-hydrogen) atoms. The topological polar surface area (TPSA) is 90.5 Å². The first kappa shape index (κ1) is 18.7. The molecule has 0 aromatic carbocycles. The molecule has 0 aliphatic carbocycles. The van der Waals surface area contributed by atoms with Gasteiger partial charge in [-0.25, -0.2) is 4.79 Å². The summed E-state index contributed by atoms with van der Waals surface area (Å²) in [6.45, 7) is 3.82. The maximum Gasteiger partial charge on any atom is 0.318 e. The minimum absolute atomic E-state index is 0.0406. The zero-order valence-corrected chi connectivity index (χ0v) is 15.9. The maximum absolute atomic E-state index is 12.4. The Kier molecular flexibility index (Phi) is 6.13. The van der Waals surface area contributed by atoms with Crippen LogP contribution in [-0.4, -0.2) is 54.5 Å². The third-order valence-corrected chi connectivity index (χ3v) is 5.91. The van der Waals surface area contributed by atoms with Crippen LogP contribution in [0.2, 0.25) is 0 Å². The average molecular weight is 378 g/mol.